The highest BCUT2D eigenvalue weighted by Gasteiger charge is 2.30. The Labute approximate surface area is 156 Å². The first-order chi connectivity index (χ1) is 16.2. The maximum absolute atomic E-state index is 12.9. The molecule has 0 saturated heterocycles. The summed E-state index contributed by atoms with van der Waals surface area (Å²) in [7, 11) is 0. The molecule has 0 radical (unpaired) electrons. The fraction of sp³-hybridized carbons (Fsp3) is 0.579. The van der Waals surface area contributed by atoms with Gasteiger partial charge in [0.2, 0.25) is 5.91 Å². The summed E-state index contributed by atoms with van der Waals surface area (Å²) in [5, 5.41) is 11.7. The molecule has 0 heterocycles. The second kappa shape index (κ2) is 8.14. The number of benzene rings is 1. The van der Waals surface area contributed by atoms with Crippen LogP contribution in [-0.4, -0.2) is 23.0 Å². The molecule has 2 rings (SSSR count). The average Bonchev–Trinajstić information content (AvgIpc) is 2.72. The number of hydrogen-bond donors (Lipinski definition) is 2. The van der Waals surface area contributed by atoms with Crippen molar-refractivity contribution in [2.75, 3.05) is 0 Å². The molecule has 1 aliphatic carbocycles. The first-order valence-corrected chi connectivity index (χ1v) is 7.33. The van der Waals surface area contributed by atoms with Crippen LogP contribution in [-0.2, 0) is 16.0 Å². The van der Waals surface area contributed by atoms with Crippen LogP contribution in [0.5, 0.6) is 0 Å². The van der Waals surface area contributed by atoms with Gasteiger partial charge in [0.1, 0.15) is 6.04 Å². The molecule has 1 fully saturated rings. The molecule has 0 bridgehead atoms. The highest BCUT2D eigenvalue weighted by molar-refractivity contribution is 5.85. The lowest BCUT2D eigenvalue weighted by molar-refractivity contribution is -0.142. The molecule has 1 saturated carbocycles. The summed E-state index contributed by atoms with van der Waals surface area (Å²) >= 11 is 0. The fourth-order valence-corrected chi connectivity index (χ4v) is 2.60. The zero-order valence-corrected chi connectivity index (χ0v) is 12.4. The van der Waals surface area contributed by atoms with Crippen LogP contribution in [0, 0.1) is 17.8 Å². The third kappa shape index (κ3) is 5.08. The van der Waals surface area contributed by atoms with E-state index in [9.17, 15) is 14.7 Å². The van der Waals surface area contributed by atoms with Crippen molar-refractivity contribution in [3.8, 4) is 0 Å². The summed E-state index contributed by atoms with van der Waals surface area (Å²) in [4.78, 5) is 24.8. The van der Waals surface area contributed by atoms with Gasteiger partial charge in [-0.2, -0.15) is 0 Å². The predicted molar refractivity (Wildman–Crippen MR) is 90.0 cm³/mol. The van der Waals surface area contributed by atoms with Gasteiger partial charge in [-0.05, 0) is 43.1 Å². The van der Waals surface area contributed by atoms with Crippen molar-refractivity contribution < 1.29 is 32.5 Å². The van der Waals surface area contributed by atoms with Crippen LogP contribution >= 0.6 is 0 Å². The molecule has 2 N–H and O–H groups in total. The Hall–Kier alpha value is -1.84. The molecular formula is C19H27NO3. The molecule has 0 unspecified atom stereocenters. The third-order valence-corrected chi connectivity index (χ3v) is 3.94. The fourth-order valence-electron chi connectivity index (χ4n) is 2.60. The number of carbonyl (C=O) groups is 2. The number of carbonyl (C=O) groups excluding carboxylic acids is 1. The van der Waals surface area contributed by atoms with Crippen molar-refractivity contribution in [1.82, 2.24) is 5.32 Å². The lowest BCUT2D eigenvalue weighted by Crippen LogP contribution is -2.45. The van der Waals surface area contributed by atoms with Crippen LogP contribution in [0.1, 0.15) is 62.8 Å². The lowest BCUT2D eigenvalue weighted by atomic mass is 9.76. The Morgan fingerprint density at radius 3 is 2.52 bits per heavy atom. The van der Waals surface area contributed by atoms with Crippen molar-refractivity contribution in [3.63, 3.8) is 0 Å². The van der Waals surface area contributed by atoms with Gasteiger partial charge in [-0.1, -0.05) is 43.9 Å². The highest BCUT2D eigenvalue weighted by atomic mass is 16.4. The minimum absolute atomic E-state index is 0.0448. The van der Waals surface area contributed by atoms with Gasteiger partial charge in [0, 0.05) is 23.3 Å². The van der Waals surface area contributed by atoms with Gasteiger partial charge < -0.3 is 10.4 Å². The van der Waals surface area contributed by atoms with Gasteiger partial charge in [0.25, 0.3) is 0 Å². The third-order valence-electron chi connectivity index (χ3n) is 3.94. The van der Waals surface area contributed by atoms with Gasteiger partial charge in [-0.25, -0.2) is 4.79 Å². The van der Waals surface area contributed by atoms with Crippen LogP contribution in [0.3, 0.4) is 0 Å². The van der Waals surface area contributed by atoms with Crippen molar-refractivity contribution >= 4 is 11.9 Å². The molecule has 0 aliphatic heterocycles. The highest BCUT2D eigenvalue weighted by Crippen LogP contribution is 2.33. The Kier molecular flexibility index (Phi) is 2.46. The van der Waals surface area contributed by atoms with E-state index in [1.54, 1.807) is 0 Å². The van der Waals surface area contributed by atoms with Crippen molar-refractivity contribution in [1.29, 1.82) is 0 Å². The normalized spacial score (nSPS) is 32.5. The van der Waals surface area contributed by atoms with Crippen LogP contribution in [0.25, 0.3) is 0 Å². The molecule has 23 heavy (non-hydrogen) atoms. The number of rotatable bonds is 6. The predicted octanol–water partition coefficient (Wildman–Crippen LogP) is 3.26. The summed E-state index contributed by atoms with van der Waals surface area (Å²) in [6.45, 7) is -5.47. The molecule has 1 aromatic rings. The van der Waals surface area contributed by atoms with Gasteiger partial charge in [0.15, 0.2) is 0 Å². The van der Waals surface area contributed by atoms with E-state index < -0.39 is 91.5 Å². The molecule has 0 spiro atoms. The SMILES string of the molecule is [2H]c1c([2H])c([2H])c(C([2H])([2H])[C@@H](NC(=O)C2CCC(C(C([2H])([2H])[2H])C([2H])([2H])[2H])CC2)C(=O)O)c([2H])c1[2H]. The first kappa shape index (κ1) is 6.96. The Bertz CT molecular complexity index is 970. The molecule has 1 aromatic carbocycles. The van der Waals surface area contributed by atoms with E-state index in [4.69, 9.17) is 17.8 Å². The van der Waals surface area contributed by atoms with Crippen LogP contribution in [0.4, 0.5) is 0 Å². The van der Waals surface area contributed by atoms with Crippen LogP contribution in [0.15, 0.2) is 30.2 Å². The van der Waals surface area contributed by atoms with Crippen molar-refractivity contribution in [2.24, 2.45) is 17.8 Å². The number of hydrogen-bond acceptors (Lipinski definition) is 2. The van der Waals surface area contributed by atoms with Gasteiger partial charge in [0.05, 0.1) is 6.85 Å². The molecule has 1 atom stereocenters. The number of carboxylic acid groups (broad SMARTS) is 1. The number of nitrogens with one attached hydrogen (secondary N) is 1. The standard InChI is InChI=1S/C19H27NO3/c1-13(2)15-8-10-16(11-9-15)18(21)20-17(19(22)23)12-14-6-4-3-5-7-14/h3-7,13,15-17H,8-12H2,1-2H3,(H,20,21)(H,22,23)/t15?,16?,17-/m1/s1/i1D3,2D3,3D,4D,5D,6D,7D,12D2. The van der Waals surface area contributed by atoms with Gasteiger partial charge in [-0.3, -0.25) is 4.79 Å². The van der Waals surface area contributed by atoms with E-state index in [0.29, 0.717) is 0 Å². The molecule has 1 amide bonds. The minimum Gasteiger partial charge on any atom is -0.480 e. The molecule has 0 aromatic heterocycles. The number of amides is 1. The molecule has 126 valence electrons. The van der Waals surface area contributed by atoms with Gasteiger partial charge >= 0.3 is 5.97 Å². The maximum Gasteiger partial charge on any atom is 0.326 e. The Morgan fingerprint density at radius 2 is 1.96 bits per heavy atom. The van der Waals surface area contributed by atoms with Gasteiger partial charge in [-0.15, -0.1) is 0 Å². The quantitative estimate of drug-likeness (QED) is 0.841. The molecular weight excluding hydrogens is 290 g/mol. The smallest absolute Gasteiger partial charge is 0.326 e. The van der Waals surface area contributed by atoms with Crippen molar-refractivity contribution in [2.45, 2.75) is 51.8 Å². The second-order valence-corrected chi connectivity index (χ2v) is 5.51. The number of aliphatic carboxylic acids is 1. The summed E-state index contributed by atoms with van der Waals surface area (Å²) in [5.41, 5.74) is -0.914. The largest absolute Gasteiger partial charge is 0.480 e. The summed E-state index contributed by atoms with van der Waals surface area (Å²) in [5.74, 6) is -5.87. The first-order valence-electron chi connectivity index (χ1n) is 13.8. The Balaban J connectivity index is 2.27. The number of carboxylic acids is 1. The van der Waals surface area contributed by atoms with E-state index in [1.807, 2.05) is 0 Å². The maximum atomic E-state index is 12.9. The van der Waals surface area contributed by atoms with E-state index in [1.165, 1.54) is 0 Å². The molecule has 1 aliphatic rings. The van der Waals surface area contributed by atoms with E-state index in [-0.39, 0.29) is 25.7 Å². The Morgan fingerprint density at radius 1 is 1.30 bits per heavy atom. The summed E-state index contributed by atoms with van der Waals surface area (Å²) in [6.07, 6.45) is -2.85. The summed E-state index contributed by atoms with van der Waals surface area (Å²) in [6, 6.07) is -6.68. The molecule has 4 heteroatoms. The lowest BCUT2D eigenvalue weighted by Gasteiger charge is -2.30. The zero-order chi connectivity index (χ0) is 28.0. The minimum atomic E-state index is -3.10. The zero-order valence-electron chi connectivity index (χ0n) is 25.4. The van der Waals surface area contributed by atoms with Crippen LogP contribution < -0.4 is 5.32 Å². The van der Waals surface area contributed by atoms with Crippen molar-refractivity contribution in [3.05, 3.63) is 35.8 Å². The monoisotopic (exact) mass is 330 g/mol. The van der Waals surface area contributed by atoms with E-state index in [2.05, 4.69) is 5.32 Å². The van der Waals surface area contributed by atoms with Crippen LogP contribution in [0.2, 0.25) is 0 Å². The topological polar surface area (TPSA) is 66.4 Å². The van der Waals surface area contributed by atoms with E-state index >= 15 is 0 Å². The van der Waals surface area contributed by atoms with E-state index in [0.717, 1.165) is 0 Å². The summed E-state index contributed by atoms with van der Waals surface area (Å²) < 4.78 is 101. The average molecular weight is 331 g/mol. The second-order valence-electron chi connectivity index (χ2n) is 5.51. The molecule has 4 nitrogen and oxygen atoms in total.